The molecule has 2 unspecified atom stereocenters. The summed E-state index contributed by atoms with van der Waals surface area (Å²) in [6, 6.07) is 18.2. The SMILES string of the molecule is CCCCC(C(O)c1ccc2c(Cl)c(OC)ccc2c1)N1CCN(c2ccccc2OC)CC1.Cl. The minimum Gasteiger partial charge on any atom is -0.495 e. The number of methoxy groups -OCH3 is 2. The Labute approximate surface area is 220 Å². The van der Waals surface area contributed by atoms with Crippen LogP contribution < -0.4 is 14.4 Å². The van der Waals surface area contributed by atoms with E-state index in [4.69, 9.17) is 21.1 Å². The number of fused-ring (bicyclic) bond motifs is 1. The quantitative estimate of drug-likeness (QED) is 0.357. The molecule has 3 aromatic rings. The number of rotatable bonds is 9. The maximum atomic E-state index is 11.5. The molecule has 0 saturated carbocycles. The molecular formula is C28H36Cl2N2O3. The number of aliphatic hydroxyl groups is 1. The number of hydrogen-bond acceptors (Lipinski definition) is 5. The fourth-order valence-electron chi connectivity index (χ4n) is 4.99. The molecule has 3 aromatic carbocycles. The van der Waals surface area contributed by atoms with E-state index in [1.54, 1.807) is 14.2 Å². The third-order valence-electron chi connectivity index (χ3n) is 6.93. The van der Waals surface area contributed by atoms with Crippen LogP contribution in [0.3, 0.4) is 0 Å². The summed E-state index contributed by atoms with van der Waals surface area (Å²) in [7, 11) is 3.34. The highest BCUT2D eigenvalue weighted by Gasteiger charge is 2.30. The van der Waals surface area contributed by atoms with Crippen molar-refractivity contribution in [3.63, 3.8) is 0 Å². The predicted octanol–water partition coefficient (Wildman–Crippen LogP) is 6.35. The lowest BCUT2D eigenvalue weighted by Crippen LogP contribution is -2.52. The minimum absolute atomic E-state index is 0. The van der Waals surface area contributed by atoms with E-state index in [1.807, 2.05) is 36.4 Å². The van der Waals surface area contributed by atoms with Gasteiger partial charge >= 0.3 is 0 Å². The molecule has 5 nitrogen and oxygen atoms in total. The number of para-hydroxylation sites is 2. The molecule has 190 valence electrons. The van der Waals surface area contributed by atoms with Gasteiger partial charge in [0.05, 0.1) is 31.0 Å². The molecular weight excluding hydrogens is 483 g/mol. The normalized spacial score (nSPS) is 16.0. The topological polar surface area (TPSA) is 45.2 Å². The zero-order chi connectivity index (χ0) is 24.1. The second-order valence-electron chi connectivity index (χ2n) is 8.91. The molecule has 1 aliphatic heterocycles. The van der Waals surface area contributed by atoms with Crippen LogP contribution in [0.5, 0.6) is 11.5 Å². The first kappa shape index (κ1) is 27.4. The van der Waals surface area contributed by atoms with Gasteiger partial charge in [-0.1, -0.05) is 61.7 Å². The number of aliphatic hydroxyl groups excluding tert-OH is 1. The Balaban J connectivity index is 0.00000342. The number of halogens is 2. The zero-order valence-electron chi connectivity index (χ0n) is 20.7. The van der Waals surface area contributed by atoms with E-state index in [9.17, 15) is 5.11 Å². The molecule has 4 rings (SSSR count). The summed E-state index contributed by atoms with van der Waals surface area (Å²) in [6.07, 6.45) is 2.60. The predicted molar refractivity (Wildman–Crippen MR) is 148 cm³/mol. The second kappa shape index (κ2) is 12.7. The maximum absolute atomic E-state index is 11.5. The minimum atomic E-state index is -0.561. The van der Waals surface area contributed by atoms with Crippen LogP contribution in [0, 0.1) is 0 Å². The van der Waals surface area contributed by atoms with Gasteiger partial charge in [-0.15, -0.1) is 12.4 Å². The first-order valence-electron chi connectivity index (χ1n) is 12.1. The van der Waals surface area contributed by atoms with Crippen molar-refractivity contribution in [1.82, 2.24) is 4.90 Å². The lowest BCUT2D eigenvalue weighted by molar-refractivity contribution is 0.0386. The monoisotopic (exact) mass is 518 g/mol. The molecule has 1 heterocycles. The maximum Gasteiger partial charge on any atom is 0.142 e. The number of piperazine rings is 1. The summed E-state index contributed by atoms with van der Waals surface area (Å²) in [5, 5.41) is 14.1. The molecule has 0 amide bonds. The lowest BCUT2D eigenvalue weighted by Gasteiger charge is -2.42. The van der Waals surface area contributed by atoms with E-state index in [1.165, 1.54) is 0 Å². The first-order chi connectivity index (χ1) is 16.6. The van der Waals surface area contributed by atoms with Gasteiger partial charge in [0, 0.05) is 37.6 Å². The molecule has 0 spiro atoms. The molecule has 0 radical (unpaired) electrons. The zero-order valence-corrected chi connectivity index (χ0v) is 22.3. The summed E-state index contributed by atoms with van der Waals surface area (Å²) in [6.45, 7) is 5.82. The molecule has 0 aliphatic carbocycles. The Morgan fingerprint density at radius 1 is 0.943 bits per heavy atom. The van der Waals surface area contributed by atoms with Crippen molar-refractivity contribution >= 4 is 40.5 Å². The summed E-state index contributed by atoms with van der Waals surface area (Å²) >= 11 is 6.50. The molecule has 0 bridgehead atoms. The van der Waals surface area contributed by atoms with E-state index >= 15 is 0 Å². The summed E-state index contributed by atoms with van der Waals surface area (Å²) in [5.41, 5.74) is 2.07. The highest BCUT2D eigenvalue weighted by atomic mass is 35.5. The van der Waals surface area contributed by atoms with Crippen LogP contribution in [0.15, 0.2) is 54.6 Å². The smallest absolute Gasteiger partial charge is 0.142 e. The number of benzene rings is 3. The standard InChI is InChI=1S/C28H35ClN2O3.ClH/c1-4-5-8-24(31-17-15-30(16-18-31)23-9-6-7-10-25(23)33-2)28(32)21-11-13-22-20(19-21)12-14-26(34-3)27(22)29;/h6-7,9-14,19,24,28,32H,4-5,8,15-18H2,1-3H3;1H. The Morgan fingerprint density at radius 2 is 1.66 bits per heavy atom. The van der Waals surface area contributed by atoms with Gasteiger partial charge in [-0.3, -0.25) is 4.90 Å². The molecule has 1 aliphatic rings. The number of anilines is 1. The average Bonchev–Trinajstić information content (AvgIpc) is 2.89. The second-order valence-corrected chi connectivity index (χ2v) is 9.29. The van der Waals surface area contributed by atoms with Crippen molar-refractivity contribution in [2.24, 2.45) is 0 Å². The summed E-state index contributed by atoms with van der Waals surface area (Å²) < 4.78 is 10.9. The highest BCUT2D eigenvalue weighted by Crippen LogP contribution is 2.36. The van der Waals surface area contributed by atoms with Crippen molar-refractivity contribution in [3.8, 4) is 11.5 Å². The van der Waals surface area contributed by atoms with Crippen molar-refractivity contribution in [3.05, 3.63) is 65.2 Å². The summed E-state index contributed by atoms with van der Waals surface area (Å²) in [4.78, 5) is 4.83. The third-order valence-corrected chi connectivity index (χ3v) is 7.32. The Hall–Kier alpha value is -2.18. The molecule has 0 aromatic heterocycles. The number of ether oxygens (including phenoxy) is 2. The Kier molecular flexibility index (Phi) is 9.93. The molecule has 1 saturated heterocycles. The number of unbranched alkanes of at least 4 members (excludes halogenated alkanes) is 1. The van der Waals surface area contributed by atoms with E-state index < -0.39 is 6.10 Å². The summed E-state index contributed by atoms with van der Waals surface area (Å²) in [5.74, 6) is 1.57. The van der Waals surface area contributed by atoms with Crippen LogP contribution in [0.1, 0.15) is 37.9 Å². The van der Waals surface area contributed by atoms with Crippen LogP contribution in [-0.2, 0) is 0 Å². The van der Waals surface area contributed by atoms with Crippen LogP contribution in [0.2, 0.25) is 5.02 Å². The van der Waals surface area contributed by atoms with E-state index in [0.717, 1.165) is 73.2 Å². The highest BCUT2D eigenvalue weighted by molar-refractivity contribution is 6.37. The van der Waals surface area contributed by atoms with Gasteiger partial charge in [0.1, 0.15) is 11.5 Å². The fourth-order valence-corrected chi connectivity index (χ4v) is 5.31. The van der Waals surface area contributed by atoms with E-state index in [-0.39, 0.29) is 18.4 Å². The Morgan fingerprint density at radius 3 is 2.34 bits per heavy atom. The van der Waals surface area contributed by atoms with Gasteiger partial charge in [0.2, 0.25) is 0 Å². The average molecular weight is 520 g/mol. The third kappa shape index (κ3) is 5.97. The van der Waals surface area contributed by atoms with Gasteiger partial charge in [0.15, 0.2) is 0 Å². The lowest BCUT2D eigenvalue weighted by atomic mass is 9.94. The Bertz CT molecular complexity index is 1100. The van der Waals surface area contributed by atoms with E-state index in [0.29, 0.717) is 10.8 Å². The molecule has 7 heteroatoms. The van der Waals surface area contributed by atoms with Gasteiger partial charge in [-0.05, 0) is 41.6 Å². The van der Waals surface area contributed by atoms with Gasteiger partial charge in [0.25, 0.3) is 0 Å². The number of hydrogen-bond donors (Lipinski definition) is 1. The van der Waals surface area contributed by atoms with Crippen molar-refractivity contribution in [2.45, 2.75) is 38.3 Å². The van der Waals surface area contributed by atoms with E-state index in [2.05, 4.69) is 34.9 Å². The van der Waals surface area contributed by atoms with Crippen LogP contribution >= 0.6 is 24.0 Å². The van der Waals surface area contributed by atoms with Crippen LogP contribution in [0.25, 0.3) is 10.8 Å². The molecule has 35 heavy (non-hydrogen) atoms. The number of nitrogens with zero attached hydrogens (tertiary/aromatic N) is 2. The van der Waals surface area contributed by atoms with Crippen LogP contribution in [0.4, 0.5) is 5.69 Å². The first-order valence-corrected chi connectivity index (χ1v) is 12.5. The van der Waals surface area contributed by atoms with Crippen molar-refractivity contribution in [1.29, 1.82) is 0 Å². The molecule has 1 fully saturated rings. The van der Waals surface area contributed by atoms with Crippen molar-refractivity contribution in [2.75, 3.05) is 45.3 Å². The largest absolute Gasteiger partial charge is 0.495 e. The van der Waals surface area contributed by atoms with Gasteiger partial charge in [-0.25, -0.2) is 0 Å². The van der Waals surface area contributed by atoms with Gasteiger partial charge < -0.3 is 19.5 Å². The fraction of sp³-hybridized carbons (Fsp3) is 0.429. The van der Waals surface area contributed by atoms with Crippen LogP contribution in [-0.4, -0.2) is 56.4 Å². The van der Waals surface area contributed by atoms with Crippen molar-refractivity contribution < 1.29 is 14.6 Å². The molecule has 1 N–H and O–H groups in total. The molecule has 2 atom stereocenters. The van der Waals surface area contributed by atoms with Gasteiger partial charge in [-0.2, -0.15) is 0 Å².